The van der Waals surface area contributed by atoms with Crippen LogP contribution >= 0.6 is 0 Å². The highest BCUT2D eigenvalue weighted by Gasteiger charge is 2.44. The van der Waals surface area contributed by atoms with Gasteiger partial charge in [-0.25, -0.2) is 4.39 Å². The predicted octanol–water partition coefficient (Wildman–Crippen LogP) is 3.90. The molecule has 1 aliphatic heterocycles. The first kappa shape index (κ1) is 15.5. The van der Waals surface area contributed by atoms with Crippen LogP contribution in [0.3, 0.4) is 0 Å². The smallest absolute Gasteiger partial charge is 0.261 e. The number of carbonyl (C=O) groups is 1. The number of aliphatic hydroxyl groups is 1. The van der Waals surface area contributed by atoms with Gasteiger partial charge in [0.2, 0.25) is 0 Å². The van der Waals surface area contributed by atoms with E-state index < -0.39 is 5.60 Å². The number of unbranched alkanes of at least 4 members (excludes halogenated alkanes) is 1. The number of hydrogen-bond donors (Lipinski definition) is 3. The van der Waals surface area contributed by atoms with Crippen LogP contribution in [0.5, 0.6) is 0 Å². The number of carbonyl (C=O) groups excluding carboxylic acids is 1. The fraction of sp³-hybridized carbons (Fsp3) is 0.278. The highest BCUT2D eigenvalue weighted by Crippen LogP contribution is 2.41. The van der Waals surface area contributed by atoms with Crippen LogP contribution in [-0.2, 0) is 10.4 Å². The Kier molecular flexibility index (Phi) is 4.05. The molecule has 0 aromatic heterocycles. The van der Waals surface area contributed by atoms with Gasteiger partial charge in [-0.2, -0.15) is 0 Å². The van der Waals surface area contributed by atoms with E-state index in [1.165, 1.54) is 12.1 Å². The molecule has 1 unspecified atom stereocenters. The lowest BCUT2D eigenvalue weighted by Crippen LogP contribution is -2.34. The van der Waals surface area contributed by atoms with Crippen LogP contribution in [0, 0.1) is 5.82 Å². The summed E-state index contributed by atoms with van der Waals surface area (Å²) < 4.78 is 13.0. The lowest BCUT2D eigenvalue weighted by Gasteiger charge is -2.21. The molecule has 0 saturated heterocycles. The zero-order valence-electron chi connectivity index (χ0n) is 12.9. The molecule has 5 heteroatoms. The second-order valence-electron chi connectivity index (χ2n) is 5.81. The van der Waals surface area contributed by atoms with E-state index in [-0.39, 0.29) is 11.7 Å². The van der Waals surface area contributed by atoms with Crippen LogP contribution in [0.15, 0.2) is 42.5 Å². The lowest BCUT2D eigenvalue weighted by molar-refractivity contribution is -0.134. The molecule has 120 valence electrons. The van der Waals surface area contributed by atoms with Crippen LogP contribution in [0.4, 0.5) is 21.5 Å². The van der Waals surface area contributed by atoms with E-state index in [1.54, 1.807) is 24.3 Å². The normalized spacial score (nSPS) is 19.3. The fourth-order valence-corrected chi connectivity index (χ4v) is 2.80. The Morgan fingerprint density at radius 2 is 1.87 bits per heavy atom. The van der Waals surface area contributed by atoms with Gasteiger partial charge in [0.25, 0.3) is 5.91 Å². The van der Waals surface area contributed by atoms with E-state index in [1.807, 2.05) is 13.0 Å². The third-order valence-corrected chi connectivity index (χ3v) is 4.11. The predicted molar refractivity (Wildman–Crippen MR) is 88.2 cm³/mol. The van der Waals surface area contributed by atoms with E-state index >= 15 is 0 Å². The van der Waals surface area contributed by atoms with Crippen molar-refractivity contribution < 1.29 is 14.3 Å². The van der Waals surface area contributed by atoms with Gasteiger partial charge in [0.15, 0.2) is 5.60 Å². The highest BCUT2D eigenvalue weighted by molar-refractivity contribution is 6.05. The summed E-state index contributed by atoms with van der Waals surface area (Å²) in [6, 6.07) is 11.4. The van der Waals surface area contributed by atoms with Gasteiger partial charge in [0, 0.05) is 22.6 Å². The summed E-state index contributed by atoms with van der Waals surface area (Å²) in [5.41, 5.74) is 1.22. The minimum absolute atomic E-state index is 0.298. The molecule has 0 aliphatic carbocycles. The number of amides is 1. The molecule has 0 radical (unpaired) electrons. The van der Waals surface area contributed by atoms with Gasteiger partial charge in [-0.1, -0.05) is 13.3 Å². The molecular weight excluding hydrogens is 295 g/mol. The second-order valence-corrected chi connectivity index (χ2v) is 5.81. The zero-order chi connectivity index (χ0) is 16.4. The van der Waals surface area contributed by atoms with Crippen LogP contribution in [0.2, 0.25) is 0 Å². The van der Waals surface area contributed by atoms with Crippen molar-refractivity contribution in [3.05, 3.63) is 53.8 Å². The average molecular weight is 314 g/mol. The molecular formula is C18H19FN2O2. The Morgan fingerprint density at radius 3 is 2.57 bits per heavy atom. The molecule has 0 bridgehead atoms. The van der Waals surface area contributed by atoms with Gasteiger partial charge in [-0.05, 0) is 55.3 Å². The maximum Gasteiger partial charge on any atom is 0.261 e. The minimum atomic E-state index is -1.48. The number of anilines is 3. The molecule has 3 N–H and O–H groups in total. The monoisotopic (exact) mass is 314 g/mol. The Hall–Kier alpha value is -2.40. The van der Waals surface area contributed by atoms with E-state index in [9.17, 15) is 14.3 Å². The van der Waals surface area contributed by atoms with Crippen molar-refractivity contribution in [2.75, 3.05) is 10.6 Å². The van der Waals surface area contributed by atoms with Crippen molar-refractivity contribution >= 4 is 23.0 Å². The molecule has 4 nitrogen and oxygen atoms in total. The molecule has 0 saturated carbocycles. The fourth-order valence-electron chi connectivity index (χ4n) is 2.80. The summed E-state index contributed by atoms with van der Waals surface area (Å²) in [4.78, 5) is 12.1. The number of rotatable bonds is 5. The quantitative estimate of drug-likeness (QED) is 0.784. The van der Waals surface area contributed by atoms with Crippen LogP contribution in [0.25, 0.3) is 0 Å². The molecule has 23 heavy (non-hydrogen) atoms. The van der Waals surface area contributed by atoms with Crippen molar-refractivity contribution in [1.82, 2.24) is 0 Å². The van der Waals surface area contributed by atoms with Crippen molar-refractivity contribution in [2.45, 2.75) is 31.8 Å². The van der Waals surface area contributed by atoms with Crippen molar-refractivity contribution in [1.29, 1.82) is 0 Å². The van der Waals surface area contributed by atoms with Crippen LogP contribution < -0.4 is 10.6 Å². The van der Waals surface area contributed by atoms with Gasteiger partial charge in [0.05, 0.1) is 0 Å². The summed E-state index contributed by atoms with van der Waals surface area (Å²) in [6.07, 6.45) is 2.06. The number of nitrogens with one attached hydrogen (secondary N) is 2. The van der Waals surface area contributed by atoms with Crippen LogP contribution in [-0.4, -0.2) is 11.0 Å². The van der Waals surface area contributed by atoms with Crippen LogP contribution in [0.1, 0.15) is 31.7 Å². The first-order chi connectivity index (χ1) is 11.0. The van der Waals surface area contributed by atoms with Gasteiger partial charge in [0.1, 0.15) is 5.82 Å². The largest absolute Gasteiger partial charge is 0.375 e. The number of halogens is 1. The highest BCUT2D eigenvalue weighted by atomic mass is 19.1. The SMILES string of the molecule is CCCCC1(O)C(=O)Nc2ccc(Nc3ccc(F)cc3)cc21. The average Bonchev–Trinajstić information content (AvgIpc) is 2.79. The summed E-state index contributed by atoms with van der Waals surface area (Å²) in [5, 5.41) is 16.7. The maximum atomic E-state index is 13.0. The Balaban J connectivity index is 1.89. The third-order valence-electron chi connectivity index (χ3n) is 4.11. The Bertz CT molecular complexity index is 730. The Labute approximate surface area is 134 Å². The molecule has 1 heterocycles. The molecule has 0 fully saturated rings. The molecule has 2 aromatic carbocycles. The number of benzene rings is 2. The van der Waals surface area contributed by atoms with Crippen molar-refractivity contribution in [2.24, 2.45) is 0 Å². The van der Waals surface area contributed by atoms with Gasteiger partial charge < -0.3 is 15.7 Å². The summed E-state index contributed by atoms with van der Waals surface area (Å²) in [6.45, 7) is 2.02. The Morgan fingerprint density at radius 1 is 1.17 bits per heavy atom. The number of fused-ring (bicyclic) bond motifs is 1. The first-order valence-electron chi connectivity index (χ1n) is 7.74. The van der Waals surface area contributed by atoms with E-state index in [0.29, 0.717) is 17.7 Å². The summed E-state index contributed by atoms with van der Waals surface area (Å²) >= 11 is 0. The first-order valence-corrected chi connectivity index (χ1v) is 7.74. The molecule has 1 aliphatic rings. The van der Waals surface area contributed by atoms with E-state index in [0.717, 1.165) is 24.2 Å². The molecule has 3 rings (SSSR count). The zero-order valence-corrected chi connectivity index (χ0v) is 12.9. The topological polar surface area (TPSA) is 61.4 Å². The van der Waals surface area contributed by atoms with Gasteiger partial charge >= 0.3 is 0 Å². The van der Waals surface area contributed by atoms with Gasteiger partial charge in [-0.3, -0.25) is 4.79 Å². The minimum Gasteiger partial charge on any atom is -0.375 e. The van der Waals surface area contributed by atoms with Crippen molar-refractivity contribution in [3.63, 3.8) is 0 Å². The molecule has 1 amide bonds. The molecule has 0 spiro atoms. The molecule has 2 aromatic rings. The van der Waals surface area contributed by atoms with Crippen molar-refractivity contribution in [3.8, 4) is 0 Å². The standard InChI is InChI=1S/C18H19FN2O2/c1-2-3-10-18(23)15-11-14(8-9-16(15)21-17(18)22)20-13-6-4-12(19)5-7-13/h4-9,11,20,23H,2-3,10H2,1H3,(H,21,22). The third kappa shape index (κ3) is 2.92. The second kappa shape index (κ2) is 6.01. The lowest BCUT2D eigenvalue weighted by atomic mass is 9.89. The molecule has 1 atom stereocenters. The van der Waals surface area contributed by atoms with E-state index in [2.05, 4.69) is 10.6 Å². The summed E-state index contributed by atoms with van der Waals surface area (Å²) in [7, 11) is 0. The maximum absolute atomic E-state index is 13.0. The summed E-state index contributed by atoms with van der Waals surface area (Å²) in [5.74, 6) is -0.673. The van der Waals surface area contributed by atoms with E-state index in [4.69, 9.17) is 0 Å². The number of hydrogen-bond acceptors (Lipinski definition) is 3. The van der Waals surface area contributed by atoms with Gasteiger partial charge in [-0.15, -0.1) is 0 Å².